The fourth-order valence-electron chi connectivity index (χ4n) is 3.41. The number of hydrogen-bond donors (Lipinski definition) is 2. The Kier molecular flexibility index (Phi) is 5.14. The van der Waals surface area contributed by atoms with Crippen LogP contribution in [0.4, 0.5) is 5.13 Å². The summed E-state index contributed by atoms with van der Waals surface area (Å²) in [6.07, 6.45) is 0.588. The number of benzene rings is 1. The van der Waals surface area contributed by atoms with Crippen LogP contribution in [0, 0.1) is 19.8 Å². The Hall–Kier alpha value is -3.07. The topological polar surface area (TPSA) is 108 Å². The van der Waals surface area contributed by atoms with E-state index in [0.29, 0.717) is 36.2 Å². The highest BCUT2D eigenvalue weighted by Gasteiger charge is 2.36. The van der Waals surface area contributed by atoms with Gasteiger partial charge >= 0.3 is 0 Å². The highest BCUT2D eigenvalue weighted by atomic mass is 32.1. The lowest BCUT2D eigenvalue weighted by Crippen LogP contribution is -2.34. The monoisotopic (exact) mass is 411 g/mol. The van der Waals surface area contributed by atoms with Crippen LogP contribution in [0.2, 0.25) is 0 Å². The van der Waals surface area contributed by atoms with Gasteiger partial charge < -0.3 is 10.3 Å². The van der Waals surface area contributed by atoms with Crippen molar-refractivity contribution < 1.29 is 9.59 Å². The summed E-state index contributed by atoms with van der Waals surface area (Å²) in [4.78, 5) is 49.5. The van der Waals surface area contributed by atoms with Gasteiger partial charge in [-0.1, -0.05) is 17.4 Å². The van der Waals surface area contributed by atoms with Gasteiger partial charge in [-0.2, -0.15) is 0 Å². The second-order valence-electron chi connectivity index (χ2n) is 7.25. The number of aromatic nitrogens is 3. The summed E-state index contributed by atoms with van der Waals surface area (Å²) >= 11 is 1.46. The van der Waals surface area contributed by atoms with Crippen LogP contribution in [0.25, 0.3) is 10.2 Å². The zero-order valence-corrected chi connectivity index (χ0v) is 17.0. The van der Waals surface area contributed by atoms with Crippen LogP contribution in [0.15, 0.2) is 29.1 Å². The maximum atomic E-state index is 12.5. The molecule has 0 aliphatic carbocycles. The Morgan fingerprint density at radius 2 is 2.10 bits per heavy atom. The van der Waals surface area contributed by atoms with Crippen LogP contribution in [0.1, 0.15) is 23.5 Å². The van der Waals surface area contributed by atoms with Gasteiger partial charge in [-0.05, 0) is 31.5 Å². The predicted octanol–water partition coefficient (Wildman–Crippen LogP) is 1.71. The number of fused-ring (bicyclic) bond motifs is 1. The maximum Gasteiger partial charge on any atom is 0.251 e. The molecule has 3 heterocycles. The molecule has 150 valence electrons. The molecular weight excluding hydrogens is 390 g/mol. The summed E-state index contributed by atoms with van der Waals surface area (Å²) in [5.41, 5.74) is 2.43. The number of H-pyrrole nitrogens is 1. The molecule has 1 atom stereocenters. The lowest BCUT2D eigenvalue weighted by atomic mass is 10.1. The molecule has 1 aliphatic rings. The van der Waals surface area contributed by atoms with Crippen LogP contribution in [0.3, 0.4) is 0 Å². The summed E-state index contributed by atoms with van der Waals surface area (Å²) < 4.78 is 1.03. The van der Waals surface area contributed by atoms with Gasteiger partial charge in [0.15, 0.2) is 5.13 Å². The number of anilines is 1. The molecule has 4 rings (SSSR count). The number of rotatable bonds is 5. The Labute approximate surface area is 171 Å². The van der Waals surface area contributed by atoms with Crippen LogP contribution in [0.5, 0.6) is 0 Å². The molecule has 3 aromatic rings. The quantitative estimate of drug-likeness (QED) is 0.664. The van der Waals surface area contributed by atoms with Crippen molar-refractivity contribution in [3.05, 3.63) is 51.7 Å². The van der Waals surface area contributed by atoms with E-state index in [-0.39, 0.29) is 23.8 Å². The molecule has 2 aromatic heterocycles. The largest absolute Gasteiger partial charge is 0.355 e. The zero-order valence-electron chi connectivity index (χ0n) is 16.2. The summed E-state index contributed by atoms with van der Waals surface area (Å²) in [6, 6.07) is 7.40. The standard InChI is InChI=1S/C20H21N5O3S/c1-11-3-4-14-15(7-11)29-20(23-14)25-10-13(9-18(25)27)19(28)21-6-5-16-22-12(2)8-17(26)24-16/h3-4,7-8,13H,5-6,9-10H2,1-2H3,(H,21,28)(H,22,24,26). The van der Waals surface area contributed by atoms with Crippen LogP contribution in [-0.4, -0.2) is 39.9 Å². The van der Waals surface area contributed by atoms with Gasteiger partial charge in [-0.3, -0.25) is 19.3 Å². The minimum atomic E-state index is -0.416. The molecule has 0 radical (unpaired) electrons. The smallest absolute Gasteiger partial charge is 0.251 e. The van der Waals surface area contributed by atoms with Crippen LogP contribution in [-0.2, 0) is 16.0 Å². The number of carbonyl (C=O) groups is 2. The molecular formula is C20H21N5O3S. The number of hydrogen-bond acceptors (Lipinski definition) is 6. The van der Waals surface area contributed by atoms with Gasteiger partial charge in [0.2, 0.25) is 11.8 Å². The van der Waals surface area contributed by atoms with Crippen molar-refractivity contribution >= 4 is 38.5 Å². The van der Waals surface area contributed by atoms with Crippen LogP contribution >= 0.6 is 11.3 Å². The van der Waals surface area contributed by atoms with Gasteiger partial charge in [-0.25, -0.2) is 9.97 Å². The molecule has 1 unspecified atom stereocenters. The molecule has 1 aliphatic heterocycles. The zero-order chi connectivity index (χ0) is 20.5. The van der Waals surface area contributed by atoms with E-state index in [2.05, 4.69) is 20.3 Å². The summed E-state index contributed by atoms with van der Waals surface area (Å²) in [7, 11) is 0. The first-order valence-corrected chi connectivity index (χ1v) is 10.2. The first-order chi connectivity index (χ1) is 13.9. The Balaban J connectivity index is 1.37. The number of carbonyl (C=O) groups excluding carboxylic acids is 2. The van der Waals surface area contributed by atoms with E-state index in [4.69, 9.17) is 0 Å². The number of nitrogens with one attached hydrogen (secondary N) is 2. The average molecular weight is 411 g/mol. The van der Waals surface area contributed by atoms with Gasteiger partial charge in [-0.15, -0.1) is 0 Å². The molecule has 1 aromatic carbocycles. The van der Waals surface area contributed by atoms with E-state index < -0.39 is 5.92 Å². The second kappa shape index (κ2) is 7.75. The second-order valence-corrected chi connectivity index (χ2v) is 8.26. The number of aryl methyl sites for hydroxylation is 2. The minimum absolute atomic E-state index is 0.0920. The highest BCUT2D eigenvalue weighted by molar-refractivity contribution is 7.22. The first kappa shape index (κ1) is 19.3. The molecule has 8 nitrogen and oxygen atoms in total. The van der Waals surface area contributed by atoms with Crippen molar-refractivity contribution in [2.45, 2.75) is 26.7 Å². The lowest BCUT2D eigenvalue weighted by molar-refractivity contribution is -0.126. The SMILES string of the molecule is Cc1ccc2nc(N3CC(C(=O)NCCc4nc(C)cc(=O)[nH]4)CC3=O)sc2c1. The fraction of sp³-hybridized carbons (Fsp3) is 0.350. The third-order valence-corrected chi connectivity index (χ3v) is 5.88. The predicted molar refractivity (Wildman–Crippen MR) is 111 cm³/mol. The molecule has 9 heteroatoms. The highest BCUT2D eigenvalue weighted by Crippen LogP contribution is 2.33. The van der Waals surface area contributed by atoms with Crippen molar-refractivity contribution in [3.8, 4) is 0 Å². The summed E-state index contributed by atoms with van der Waals surface area (Å²) in [5, 5.41) is 3.47. The normalized spacial score (nSPS) is 16.6. The van der Waals surface area contributed by atoms with Crippen molar-refractivity contribution in [3.63, 3.8) is 0 Å². The van der Waals surface area contributed by atoms with Crippen molar-refractivity contribution in [2.24, 2.45) is 5.92 Å². The minimum Gasteiger partial charge on any atom is -0.355 e. The van der Waals surface area contributed by atoms with E-state index in [0.717, 1.165) is 15.8 Å². The molecule has 2 N–H and O–H groups in total. The molecule has 1 fully saturated rings. The maximum absolute atomic E-state index is 12.5. The van der Waals surface area contributed by atoms with Gasteiger partial charge in [0.05, 0.1) is 16.1 Å². The summed E-state index contributed by atoms with van der Waals surface area (Å²) in [6.45, 7) is 4.43. The first-order valence-electron chi connectivity index (χ1n) is 9.41. The van der Waals surface area contributed by atoms with Crippen molar-refractivity contribution in [1.82, 2.24) is 20.3 Å². The van der Waals surface area contributed by atoms with Crippen LogP contribution < -0.4 is 15.8 Å². The third-order valence-electron chi connectivity index (χ3n) is 4.84. The lowest BCUT2D eigenvalue weighted by Gasteiger charge is -2.13. The Bertz CT molecular complexity index is 1150. The fourth-order valence-corrected chi connectivity index (χ4v) is 4.50. The van der Waals surface area contributed by atoms with E-state index >= 15 is 0 Å². The third kappa shape index (κ3) is 4.19. The van der Waals surface area contributed by atoms with E-state index in [9.17, 15) is 14.4 Å². The van der Waals surface area contributed by atoms with Gasteiger partial charge in [0, 0.05) is 37.7 Å². The Morgan fingerprint density at radius 3 is 2.90 bits per heavy atom. The number of aromatic amines is 1. The molecule has 29 heavy (non-hydrogen) atoms. The molecule has 2 amide bonds. The van der Waals surface area contributed by atoms with E-state index in [1.165, 1.54) is 17.4 Å². The number of nitrogens with zero attached hydrogens (tertiary/aromatic N) is 3. The molecule has 1 saturated heterocycles. The average Bonchev–Trinajstić information content (AvgIpc) is 3.23. The van der Waals surface area contributed by atoms with Crippen molar-refractivity contribution in [1.29, 1.82) is 0 Å². The van der Waals surface area contributed by atoms with Crippen molar-refractivity contribution in [2.75, 3.05) is 18.0 Å². The van der Waals surface area contributed by atoms with Gasteiger partial charge in [0.25, 0.3) is 5.56 Å². The Morgan fingerprint density at radius 1 is 1.28 bits per heavy atom. The van der Waals surface area contributed by atoms with E-state index in [1.807, 2.05) is 25.1 Å². The molecule has 0 saturated carbocycles. The molecule has 0 spiro atoms. The molecule has 0 bridgehead atoms. The van der Waals surface area contributed by atoms with E-state index in [1.54, 1.807) is 11.8 Å². The number of thiazole rings is 1. The number of amides is 2. The summed E-state index contributed by atoms with van der Waals surface area (Å²) in [5.74, 6) is -0.150. The van der Waals surface area contributed by atoms with Gasteiger partial charge in [0.1, 0.15) is 5.82 Å².